The number of anilines is 2. The molecule has 3 aliphatic rings. The van der Waals surface area contributed by atoms with Gasteiger partial charge in [-0.2, -0.15) is 13.5 Å². The van der Waals surface area contributed by atoms with E-state index in [1.54, 1.807) is 17.1 Å². The third kappa shape index (κ3) is 5.41. The first kappa shape index (κ1) is 26.5. The van der Waals surface area contributed by atoms with Gasteiger partial charge in [0.25, 0.3) is 0 Å². The predicted molar refractivity (Wildman–Crippen MR) is 136 cm³/mol. The third-order valence-electron chi connectivity index (χ3n) is 7.09. The van der Waals surface area contributed by atoms with Crippen molar-refractivity contribution in [2.75, 3.05) is 22.8 Å². The van der Waals surface area contributed by atoms with Crippen LogP contribution in [-0.4, -0.2) is 73.0 Å². The van der Waals surface area contributed by atoms with Crippen molar-refractivity contribution in [1.29, 1.82) is 0 Å². The molecule has 185 valence electrons. The summed E-state index contributed by atoms with van der Waals surface area (Å²) in [4.78, 5) is 13.1. The summed E-state index contributed by atoms with van der Waals surface area (Å²) in [6, 6.07) is 1.34. The maximum atomic E-state index is 13.6. The number of benzene rings is 1. The van der Waals surface area contributed by atoms with E-state index in [0.29, 0.717) is 31.7 Å². The number of hydrogen-bond donors (Lipinski definition) is 2. The molecule has 1 aromatic heterocycles. The molecule has 2 heterocycles. The Morgan fingerprint density at radius 1 is 1.11 bits per heavy atom. The van der Waals surface area contributed by atoms with E-state index in [9.17, 15) is 13.2 Å². The SMILES string of the molecule is CC(C)n1cc(N(C2CCOCC2)S(=O)(=O)NC(=O)Nc2c3c(cc4c2CCC4)CCC3)cn1.[Na]. The molecule has 11 heteroatoms. The fraction of sp³-hybridized carbons (Fsp3) is 0.583. The molecule has 2 aliphatic carbocycles. The van der Waals surface area contributed by atoms with Crippen LogP contribution in [0, 0.1) is 0 Å². The monoisotopic (exact) mass is 510 g/mol. The Morgan fingerprint density at radius 3 is 2.31 bits per heavy atom. The molecule has 1 aliphatic heterocycles. The van der Waals surface area contributed by atoms with Gasteiger partial charge in [-0.05, 0) is 87.5 Å². The maximum Gasteiger partial charge on any atom is 0.334 e. The van der Waals surface area contributed by atoms with Crippen molar-refractivity contribution in [2.45, 2.75) is 77.3 Å². The summed E-state index contributed by atoms with van der Waals surface area (Å²) in [5, 5.41) is 7.25. The van der Waals surface area contributed by atoms with Crippen LogP contribution in [0.3, 0.4) is 0 Å². The molecule has 1 saturated heterocycles. The van der Waals surface area contributed by atoms with E-state index in [2.05, 4.69) is 21.2 Å². The fourth-order valence-electron chi connectivity index (χ4n) is 5.46. The van der Waals surface area contributed by atoms with Gasteiger partial charge >= 0.3 is 16.2 Å². The number of ether oxygens (including phenoxy) is 1. The van der Waals surface area contributed by atoms with E-state index in [4.69, 9.17) is 4.74 Å². The summed E-state index contributed by atoms with van der Waals surface area (Å²) >= 11 is 0. The smallest absolute Gasteiger partial charge is 0.334 e. The molecule has 9 nitrogen and oxygen atoms in total. The van der Waals surface area contributed by atoms with E-state index in [0.717, 1.165) is 55.3 Å². The summed E-state index contributed by atoms with van der Waals surface area (Å²) in [6.07, 6.45) is 10.3. The minimum absolute atomic E-state index is 0. The zero-order valence-corrected chi connectivity index (χ0v) is 23.7. The Kier molecular flexibility index (Phi) is 8.17. The first-order chi connectivity index (χ1) is 16.3. The molecule has 1 aromatic carbocycles. The first-order valence-corrected chi connectivity index (χ1v) is 13.7. The third-order valence-corrected chi connectivity index (χ3v) is 8.56. The van der Waals surface area contributed by atoms with Crippen molar-refractivity contribution in [3.63, 3.8) is 0 Å². The molecule has 0 saturated carbocycles. The average molecular weight is 511 g/mol. The van der Waals surface area contributed by atoms with Crippen LogP contribution in [0.5, 0.6) is 0 Å². The van der Waals surface area contributed by atoms with Gasteiger partial charge in [0.2, 0.25) is 0 Å². The van der Waals surface area contributed by atoms with Crippen molar-refractivity contribution in [3.05, 3.63) is 40.7 Å². The van der Waals surface area contributed by atoms with Crippen LogP contribution in [0.15, 0.2) is 18.5 Å². The van der Waals surface area contributed by atoms with E-state index in [1.165, 1.54) is 15.4 Å². The zero-order valence-electron chi connectivity index (χ0n) is 20.8. The molecule has 5 rings (SSSR count). The number of nitrogens with one attached hydrogen (secondary N) is 2. The van der Waals surface area contributed by atoms with E-state index >= 15 is 0 Å². The Morgan fingerprint density at radius 2 is 1.74 bits per heavy atom. The molecular formula is C24H33N5NaO4S. The standard InChI is InChI=1S/C24H33N5O4S.Na/c1-16(2)28-15-20(14-25-28)29(19-9-11-33-12-10-19)34(31,32)27-24(30)26-23-21-7-3-5-17(21)13-18-6-4-8-22(18)23;/h13-16,19H,3-12H2,1-2H3,(H2,26,27,30);. The second-order valence-corrected chi connectivity index (χ2v) is 11.3. The summed E-state index contributed by atoms with van der Waals surface area (Å²) in [6.45, 7) is 4.91. The number of fused-ring (bicyclic) bond motifs is 2. The molecular weight excluding hydrogens is 477 g/mol. The van der Waals surface area contributed by atoms with Crippen LogP contribution in [0.25, 0.3) is 0 Å². The topological polar surface area (TPSA) is 106 Å². The number of carbonyl (C=O) groups excluding carboxylic acids is 1. The van der Waals surface area contributed by atoms with Crippen LogP contribution in [0.4, 0.5) is 16.2 Å². The second kappa shape index (κ2) is 10.8. The summed E-state index contributed by atoms with van der Waals surface area (Å²) < 4.78 is 37.9. The first-order valence-electron chi connectivity index (χ1n) is 12.2. The fourth-order valence-corrected chi connectivity index (χ4v) is 6.82. The molecule has 0 unspecified atom stereocenters. The van der Waals surface area contributed by atoms with Gasteiger partial charge in [-0.15, -0.1) is 0 Å². The number of urea groups is 1. The molecule has 1 fully saturated rings. The molecule has 2 N–H and O–H groups in total. The number of carbonyl (C=O) groups is 1. The van der Waals surface area contributed by atoms with E-state index < -0.39 is 16.2 Å². The van der Waals surface area contributed by atoms with Crippen LogP contribution >= 0.6 is 0 Å². The number of rotatable bonds is 6. The minimum atomic E-state index is -4.17. The summed E-state index contributed by atoms with van der Waals surface area (Å²) in [5.74, 6) is 0. The van der Waals surface area contributed by atoms with Crippen molar-refractivity contribution in [1.82, 2.24) is 14.5 Å². The van der Waals surface area contributed by atoms with Gasteiger partial charge in [0.1, 0.15) is 0 Å². The van der Waals surface area contributed by atoms with Crippen LogP contribution in [-0.2, 0) is 40.6 Å². The largest absolute Gasteiger partial charge is 0.381 e. The second-order valence-electron chi connectivity index (χ2n) is 9.71. The molecule has 1 radical (unpaired) electrons. The van der Waals surface area contributed by atoms with Gasteiger partial charge in [-0.3, -0.25) is 4.68 Å². The Hall–Kier alpha value is -1.59. The molecule has 35 heavy (non-hydrogen) atoms. The van der Waals surface area contributed by atoms with Gasteiger partial charge in [0.05, 0.1) is 17.9 Å². The number of hydrogen-bond acceptors (Lipinski definition) is 5. The quantitative estimate of drug-likeness (QED) is 0.581. The number of aryl methyl sites for hydroxylation is 2. The van der Waals surface area contributed by atoms with Crippen LogP contribution in [0.2, 0.25) is 0 Å². The van der Waals surface area contributed by atoms with E-state index in [1.807, 2.05) is 13.8 Å². The van der Waals surface area contributed by atoms with Gasteiger partial charge in [0, 0.05) is 60.7 Å². The van der Waals surface area contributed by atoms with Gasteiger partial charge in [-0.25, -0.2) is 13.8 Å². The Bertz CT molecular complexity index is 1160. The van der Waals surface area contributed by atoms with Gasteiger partial charge in [0.15, 0.2) is 0 Å². The number of nitrogens with zero attached hydrogens (tertiary/aromatic N) is 3. The maximum absolute atomic E-state index is 13.6. The molecule has 0 atom stereocenters. The molecule has 2 amide bonds. The summed E-state index contributed by atoms with van der Waals surface area (Å²) in [5.41, 5.74) is 6.15. The molecule has 2 aromatic rings. The number of aromatic nitrogens is 2. The van der Waals surface area contributed by atoms with Crippen molar-refractivity contribution < 1.29 is 17.9 Å². The molecule has 0 bridgehead atoms. The van der Waals surface area contributed by atoms with Crippen molar-refractivity contribution in [2.24, 2.45) is 0 Å². The molecule has 0 spiro atoms. The van der Waals surface area contributed by atoms with Gasteiger partial charge in [-0.1, -0.05) is 6.07 Å². The Labute approximate surface area is 229 Å². The zero-order chi connectivity index (χ0) is 23.9. The predicted octanol–water partition coefficient (Wildman–Crippen LogP) is 3.11. The van der Waals surface area contributed by atoms with Crippen molar-refractivity contribution in [3.8, 4) is 0 Å². The van der Waals surface area contributed by atoms with Crippen LogP contribution in [0.1, 0.15) is 67.8 Å². The number of amides is 2. The van der Waals surface area contributed by atoms with Crippen molar-refractivity contribution >= 4 is 57.2 Å². The van der Waals surface area contributed by atoms with E-state index in [-0.39, 0.29) is 41.6 Å². The minimum Gasteiger partial charge on any atom is -0.381 e. The Balaban J connectivity index is 0.00000289. The van der Waals surface area contributed by atoms with Crippen LogP contribution < -0.4 is 14.3 Å². The summed E-state index contributed by atoms with van der Waals surface area (Å²) in [7, 11) is -4.17. The normalized spacial score (nSPS) is 17.6. The van der Waals surface area contributed by atoms with Gasteiger partial charge < -0.3 is 10.1 Å². The average Bonchev–Trinajstić information content (AvgIpc) is 3.54.